The summed E-state index contributed by atoms with van der Waals surface area (Å²) in [7, 11) is 1.52. The first-order valence-electron chi connectivity index (χ1n) is 6.99. The number of carboxylic acids is 1. The molecule has 0 radical (unpaired) electrons. The Morgan fingerprint density at radius 2 is 2.04 bits per heavy atom. The number of benzene rings is 1. The summed E-state index contributed by atoms with van der Waals surface area (Å²) >= 11 is 0. The van der Waals surface area contributed by atoms with E-state index in [1.165, 1.54) is 42.4 Å². The van der Waals surface area contributed by atoms with Gasteiger partial charge >= 0.3 is 12.1 Å². The number of nitrogens with two attached hydrogens (primary N) is 1. The van der Waals surface area contributed by atoms with Gasteiger partial charge in [0, 0.05) is 12.7 Å². The minimum atomic E-state index is -4.44. The zero-order valence-corrected chi connectivity index (χ0v) is 12.8. The molecular formula is C16H16F3N3O2. The van der Waals surface area contributed by atoms with Crippen molar-refractivity contribution in [2.45, 2.75) is 18.8 Å². The Morgan fingerprint density at radius 3 is 2.58 bits per heavy atom. The normalized spacial score (nSPS) is 13.0. The predicted octanol–water partition coefficient (Wildman–Crippen LogP) is 2.94. The molecule has 0 aliphatic heterocycles. The number of alkyl halides is 3. The summed E-state index contributed by atoms with van der Waals surface area (Å²) in [5.74, 6) is -0.875. The van der Waals surface area contributed by atoms with Gasteiger partial charge < -0.3 is 10.8 Å². The standard InChI is InChI=1S/C16H16F3N3O2/c1-22(9-10-3-2-4-12(7-10)16(17,18)19)14(15(23)24)11-5-6-13(20)21-8-11/h2-8,14H,9H2,1H3,(H2,20,21)(H,23,24)/t14-/m0/s1. The lowest BCUT2D eigenvalue weighted by Crippen LogP contribution is -2.30. The maximum absolute atomic E-state index is 12.8. The van der Waals surface area contributed by atoms with Crippen LogP contribution in [0.3, 0.4) is 0 Å². The van der Waals surface area contributed by atoms with Crippen molar-refractivity contribution in [3.63, 3.8) is 0 Å². The fraction of sp³-hybridized carbons (Fsp3) is 0.250. The van der Waals surface area contributed by atoms with E-state index in [0.29, 0.717) is 11.1 Å². The Balaban J connectivity index is 2.24. The maximum atomic E-state index is 12.8. The molecule has 128 valence electrons. The number of halogens is 3. The number of aliphatic carboxylic acids is 1. The summed E-state index contributed by atoms with van der Waals surface area (Å²) < 4.78 is 38.3. The highest BCUT2D eigenvalue weighted by molar-refractivity contribution is 5.75. The van der Waals surface area contributed by atoms with E-state index in [2.05, 4.69) is 4.98 Å². The van der Waals surface area contributed by atoms with Crippen LogP contribution >= 0.6 is 0 Å². The van der Waals surface area contributed by atoms with Crippen LogP contribution in [0.15, 0.2) is 42.6 Å². The van der Waals surface area contributed by atoms with Crippen LogP contribution in [0.4, 0.5) is 19.0 Å². The number of carbonyl (C=O) groups is 1. The third-order valence-electron chi connectivity index (χ3n) is 3.49. The largest absolute Gasteiger partial charge is 0.480 e. The Morgan fingerprint density at radius 1 is 1.33 bits per heavy atom. The molecule has 24 heavy (non-hydrogen) atoms. The topological polar surface area (TPSA) is 79.5 Å². The molecule has 5 nitrogen and oxygen atoms in total. The van der Waals surface area contributed by atoms with E-state index >= 15 is 0 Å². The van der Waals surface area contributed by atoms with Gasteiger partial charge in [-0.1, -0.05) is 24.3 Å². The van der Waals surface area contributed by atoms with Crippen LogP contribution in [0, 0.1) is 0 Å². The van der Waals surface area contributed by atoms with Crippen LogP contribution in [0.25, 0.3) is 0 Å². The Bertz CT molecular complexity index is 717. The smallest absolute Gasteiger partial charge is 0.416 e. The van der Waals surface area contributed by atoms with Gasteiger partial charge in [-0.2, -0.15) is 13.2 Å². The van der Waals surface area contributed by atoms with Crippen LogP contribution in [0.5, 0.6) is 0 Å². The Hall–Kier alpha value is -2.61. The van der Waals surface area contributed by atoms with Crippen LogP contribution in [0.1, 0.15) is 22.7 Å². The second kappa shape index (κ2) is 6.88. The number of anilines is 1. The average molecular weight is 339 g/mol. The molecule has 2 rings (SSSR count). The molecule has 1 aromatic heterocycles. The second-order valence-electron chi connectivity index (χ2n) is 5.37. The van der Waals surface area contributed by atoms with Gasteiger partial charge in [0.15, 0.2) is 0 Å². The number of carboxylic acid groups (broad SMARTS) is 1. The quantitative estimate of drug-likeness (QED) is 0.875. The number of nitrogen functional groups attached to an aromatic ring is 1. The first-order valence-corrected chi connectivity index (χ1v) is 6.99. The Kier molecular flexibility index (Phi) is 5.08. The number of hydrogen-bond acceptors (Lipinski definition) is 4. The average Bonchev–Trinajstić information content (AvgIpc) is 2.48. The van der Waals surface area contributed by atoms with Gasteiger partial charge in [-0.05, 0) is 30.3 Å². The molecule has 0 fully saturated rings. The summed E-state index contributed by atoms with van der Waals surface area (Å²) in [5.41, 5.74) is 5.47. The van der Waals surface area contributed by atoms with Crippen LogP contribution < -0.4 is 5.73 Å². The molecule has 1 heterocycles. The number of pyridine rings is 1. The van der Waals surface area contributed by atoms with E-state index in [9.17, 15) is 23.1 Å². The fourth-order valence-electron chi connectivity index (χ4n) is 2.39. The molecule has 1 aromatic carbocycles. The molecule has 1 atom stereocenters. The van der Waals surface area contributed by atoms with E-state index in [1.54, 1.807) is 0 Å². The highest BCUT2D eigenvalue weighted by Crippen LogP contribution is 2.30. The summed E-state index contributed by atoms with van der Waals surface area (Å²) in [6, 6.07) is 6.76. The van der Waals surface area contributed by atoms with Gasteiger partial charge in [-0.15, -0.1) is 0 Å². The third-order valence-corrected chi connectivity index (χ3v) is 3.49. The number of hydrogen-bond donors (Lipinski definition) is 2. The SMILES string of the molecule is CN(Cc1cccc(C(F)(F)F)c1)[C@H](C(=O)O)c1ccc(N)nc1. The minimum absolute atomic E-state index is 0.0330. The van der Waals surface area contributed by atoms with Crippen molar-refractivity contribution in [3.05, 3.63) is 59.3 Å². The molecule has 0 amide bonds. The first kappa shape index (κ1) is 17.7. The van der Waals surface area contributed by atoms with Crippen molar-refractivity contribution in [3.8, 4) is 0 Å². The summed E-state index contributed by atoms with van der Waals surface area (Å²) in [4.78, 5) is 16.9. The lowest BCUT2D eigenvalue weighted by Gasteiger charge is -2.25. The molecule has 0 aliphatic rings. The summed E-state index contributed by atoms with van der Waals surface area (Å²) in [5, 5.41) is 9.45. The van der Waals surface area contributed by atoms with E-state index in [-0.39, 0.29) is 12.4 Å². The van der Waals surface area contributed by atoms with Gasteiger partial charge in [0.2, 0.25) is 0 Å². The van der Waals surface area contributed by atoms with E-state index in [4.69, 9.17) is 5.73 Å². The molecular weight excluding hydrogens is 323 g/mol. The molecule has 2 aromatic rings. The molecule has 0 saturated carbocycles. The van der Waals surface area contributed by atoms with E-state index in [0.717, 1.165) is 12.1 Å². The van der Waals surface area contributed by atoms with Crippen LogP contribution in [-0.2, 0) is 17.5 Å². The van der Waals surface area contributed by atoms with Crippen molar-refractivity contribution in [1.29, 1.82) is 0 Å². The van der Waals surface area contributed by atoms with Crippen molar-refractivity contribution in [2.75, 3.05) is 12.8 Å². The van der Waals surface area contributed by atoms with Crippen molar-refractivity contribution in [2.24, 2.45) is 0 Å². The van der Waals surface area contributed by atoms with Crippen molar-refractivity contribution >= 4 is 11.8 Å². The van der Waals surface area contributed by atoms with E-state index < -0.39 is 23.8 Å². The molecule has 0 unspecified atom stereocenters. The van der Waals surface area contributed by atoms with Crippen molar-refractivity contribution in [1.82, 2.24) is 9.88 Å². The molecule has 0 aliphatic carbocycles. The molecule has 8 heteroatoms. The zero-order valence-electron chi connectivity index (χ0n) is 12.8. The highest BCUT2D eigenvalue weighted by atomic mass is 19.4. The fourth-order valence-corrected chi connectivity index (χ4v) is 2.39. The van der Waals surface area contributed by atoms with Gasteiger partial charge in [0.05, 0.1) is 5.56 Å². The minimum Gasteiger partial charge on any atom is -0.480 e. The third kappa shape index (κ3) is 4.23. The number of rotatable bonds is 5. The molecule has 0 spiro atoms. The number of aromatic nitrogens is 1. The lowest BCUT2D eigenvalue weighted by molar-refractivity contribution is -0.143. The van der Waals surface area contributed by atoms with Crippen molar-refractivity contribution < 1.29 is 23.1 Å². The van der Waals surface area contributed by atoms with Gasteiger partial charge in [-0.3, -0.25) is 9.69 Å². The summed E-state index contributed by atoms with van der Waals surface area (Å²) in [6.07, 6.45) is -3.10. The maximum Gasteiger partial charge on any atom is 0.416 e. The molecule has 0 saturated heterocycles. The monoisotopic (exact) mass is 339 g/mol. The first-order chi connectivity index (χ1) is 11.2. The van der Waals surface area contributed by atoms with Gasteiger partial charge in [0.1, 0.15) is 11.9 Å². The molecule has 0 bridgehead atoms. The van der Waals surface area contributed by atoms with Gasteiger partial charge in [-0.25, -0.2) is 4.98 Å². The van der Waals surface area contributed by atoms with Crippen LogP contribution in [-0.4, -0.2) is 28.0 Å². The van der Waals surface area contributed by atoms with E-state index in [1.807, 2.05) is 0 Å². The predicted molar refractivity (Wildman–Crippen MR) is 81.9 cm³/mol. The zero-order chi connectivity index (χ0) is 17.9. The van der Waals surface area contributed by atoms with Crippen LogP contribution in [0.2, 0.25) is 0 Å². The number of likely N-dealkylation sites (N-methyl/N-ethyl adjacent to an activating group) is 1. The highest BCUT2D eigenvalue weighted by Gasteiger charge is 2.31. The summed E-state index contributed by atoms with van der Waals surface area (Å²) in [6.45, 7) is 0.0330. The Labute approximate surface area is 136 Å². The lowest BCUT2D eigenvalue weighted by atomic mass is 10.1. The molecule has 3 N–H and O–H groups in total. The van der Waals surface area contributed by atoms with Gasteiger partial charge in [0.25, 0.3) is 0 Å². The number of nitrogens with zero attached hydrogens (tertiary/aromatic N) is 2. The second-order valence-corrected chi connectivity index (χ2v) is 5.37.